The van der Waals surface area contributed by atoms with Crippen LogP contribution in [0.25, 0.3) is 0 Å². The highest BCUT2D eigenvalue weighted by Gasteiger charge is 2.55. The maximum absolute atomic E-state index is 10.8. The highest BCUT2D eigenvalue weighted by Crippen LogP contribution is 2.38. The van der Waals surface area contributed by atoms with E-state index in [0.29, 0.717) is 6.42 Å². The van der Waals surface area contributed by atoms with E-state index in [0.717, 1.165) is 19.3 Å². The predicted octanol–water partition coefficient (Wildman–Crippen LogP) is 6.33. The fourth-order valence-electron chi connectivity index (χ4n) is 2.56. The number of hydrogen-bond acceptors (Lipinski definition) is 2. The van der Waals surface area contributed by atoms with E-state index in [1.807, 2.05) is 0 Å². The van der Waals surface area contributed by atoms with E-state index in [1.165, 1.54) is 57.8 Å². The molecule has 1 rings (SSSR count). The van der Waals surface area contributed by atoms with Crippen molar-refractivity contribution in [3.8, 4) is 0 Å². The van der Waals surface area contributed by atoms with Gasteiger partial charge in [0.2, 0.25) is 0 Å². The lowest BCUT2D eigenvalue weighted by molar-refractivity contribution is -0.117. The third-order valence-corrected chi connectivity index (χ3v) is 4.54. The molecule has 0 saturated carbocycles. The van der Waals surface area contributed by atoms with Crippen molar-refractivity contribution < 1.29 is 9.53 Å². The Balaban J connectivity index is 1.74. The van der Waals surface area contributed by atoms with E-state index in [1.54, 1.807) is 0 Å². The Morgan fingerprint density at radius 1 is 0.955 bits per heavy atom. The van der Waals surface area contributed by atoms with E-state index >= 15 is 0 Å². The molecule has 22 heavy (non-hydrogen) atoms. The summed E-state index contributed by atoms with van der Waals surface area (Å²) in [6.07, 6.45) is 22.5. The van der Waals surface area contributed by atoms with Gasteiger partial charge >= 0.3 is 5.97 Å². The van der Waals surface area contributed by atoms with E-state index in [-0.39, 0.29) is 5.97 Å². The minimum atomic E-state index is -0.935. The monoisotopic (exact) mass is 327 g/mol. The van der Waals surface area contributed by atoms with Gasteiger partial charge in [0.1, 0.15) is 0 Å². The van der Waals surface area contributed by atoms with Gasteiger partial charge in [-0.25, -0.2) is 4.79 Å². The van der Waals surface area contributed by atoms with Crippen molar-refractivity contribution in [3.05, 3.63) is 18.6 Å². The third-order valence-electron chi connectivity index (χ3n) is 4.12. The molecule has 1 atom stereocenters. The number of ether oxygens (including phenoxy) is 1. The molecule has 0 N–H and O–H groups in total. The van der Waals surface area contributed by atoms with Crippen molar-refractivity contribution in [2.45, 2.75) is 95.5 Å². The number of hydrogen-bond donors (Lipinski definition) is 0. The first-order valence-corrected chi connectivity index (χ1v) is 9.46. The number of epoxide rings is 1. The van der Waals surface area contributed by atoms with Gasteiger partial charge < -0.3 is 4.74 Å². The lowest BCUT2D eigenvalue weighted by Crippen LogP contribution is -2.01. The van der Waals surface area contributed by atoms with Crippen LogP contribution in [-0.4, -0.2) is 11.0 Å². The van der Waals surface area contributed by atoms with E-state index in [2.05, 4.69) is 25.5 Å². The molecule has 0 aliphatic carbocycles. The van der Waals surface area contributed by atoms with Gasteiger partial charge in [0.25, 0.3) is 5.06 Å². The zero-order valence-electron chi connectivity index (χ0n) is 14.1. The number of carbonyl (C=O) groups excluding carboxylic acids is 1. The van der Waals surface area contributed by atoms with E-state index in [4.69, 9.17) is 16.3 Å². The largest absolute Gasteiger partial charge is 0.427 e. The smallest absolute Gasteiger partial charge is 0.369 e. The Bertz CT molecular complexity index is 327. The van der Waals surface area contributed by atoms with Crippen LogP contribution in [0, 0.1) is 6.42 Å². The van der Waals surface area contributed by atoms with Crippen molar-refractivity contribution in [2.24, 2.45) is 0 Å². The summed E-state index contributed by atoms with van der Waals surface area (Å²) < 4.78 is 4.74. The highest BCUT2D eigenvalue weighted by molar-refractivity contribution is 6.38. The number of halogens is 1. The second-order valence-electron chi connectivity index (χ2n) is 6.27. The van der Waals surface area contributed by atoms with Crippen LogP contribution in [-0.2, 0) is 9.53 Å². The lowest BCUT2D eigenvalue weighted by atomic mass is 10.1. The molecule has 0 aromatic heterocycles. The second-order valence-corrected chi connectivity index (χ2v) is 6.88. The van der Waals surface area contributed by atoms with Crippen LogP contribution < -0.4 is 0 Å². The number of unbranched alkanes of at least 4 members (excludes halogenated alkanes) is 11. The molecule has 1 fully saturated rings. The van der Waals surface area contributed by atoms with Gasteiger partial charge in [-0.2, -0.15) is 0 Å². The van der Waals surface area contributed by atoms with Crippen molar-refractivity contribution in [1.82, 2.24) is 0 Å². The second kappa shape index (κ2) is 12.0. The molecule has 0 aromatic rings. The predicted molar refractivity (Wildman–Crippen MR) is 93.8 cm³/mol. The van der Waals surface area contributed by atoms with Crippen LogP contribution in [0.2, 0.25) is 0 Å². The molecular weight excluding hydrogens is 296 g/mol. The first-order valence-electron chi connectivity index (χ1n) is 9.08. The summed E-state index contributed by atoms with van der Waals surface area (Å²) in [7, 11) is 0. The number of allylic oxidation sites excluding steroid dienone is 2. The quantitative estimate of drug-likeness (QED) is 0.152. The maximum Gasteiger partial charge on any atom is 0.369 e. The molecule has 1 saturated heterocycles. The molecule has 2 nitrogen and oxygen atoms in total. The molecule has 0 spiro atoms. The van der Waals surface area contributed by atoms with Crippen LogP contribution >= 0.6 is 11.6 Å². The Morgan fingerprint density at radius 3 is 2.32 bits per heavy atom. The van der Waals surface area contributed by atoms with Crippen LogP contribution in [0.4, 0.5) is 0 Å². The SMILES string of the molecule is CCCCCC[CH]CC=CCCCCCCCC1(Cl)OC1=O. The molecular formula is C19H32ClO2. The molecule has 1 aliphatic rings. The van der Waals surface area contributed by atoms with Crippen LogP contribution in [0.15, 0.2) is 12.2 Å². The fourth-order valence-corrected chi connectivity index (χ4v) is 2.77. The number of alkyl halides is 1. The van der Waals surface area contributed by atoms with Crippen LogP contribution in [0.3, 0.4) is 0 Å². The first-order chi connectivity index (χ1) is 10.7. The molecule has 3 heteroatoms. The fraction of sp³-hybridized carbons (Fsp3) is 0.789. The average Bonchev–Trinajstić information content (AvgIpc) is 3.10. The van der Waals surface area contributed by atoms with E-state index in [9.17, 15) is 4.79 Å². The van der Waals surface area contributed by atoms with Gasteiger partial charge in [-0.15, -0.1) is 0 Å². The van der Waals surface area contributed by atoms with Gasteiger partial charge in [0, 0.05) is 6.42 Å². The van der Waals surface area contributed by atoms with Gasteiger partial charge in [0.05, 0.1) is 0 Å². The van der Waals surface area contributed by atoms with Crippen molar-refractivity contribution in [2.75, 3.05) is 0 Å². The molecule has 1 heterocycles. The normalized spacial score (nSPS) is 20.5. The molecule has 1 radical (unpaired) electrons. The summed E-state index contributed by atoms with van der Waals surface area (Å²) >= 11 is 5.87. The maximum atomic E-state index is 10.8. The Labute approximate surface area is 141 Å². The zero-order chi connectivity index (χ0) is 16.1. The minimum Gasteiger partial charge on any atom is -0.427 e. The molecule has 0 amide bonds. The lowest BCUT2D eigenvalue weighted by Gasteiger charge is -2.01. The summed E-state index contributed by atoms with van der Waals surface area (Å²) in [5.41, 5.74) is 0. The minimum absolute atomic E-state index is 0.249. The Kier molecular flexibility index (Phi) is 10.7. The molecule has 1 aliphatic heterocycles. The van der Waals surface area contributed by atoms with E-state index < -0.39 is 5.06 Å². The highest BCUT2D eigenvalue weighted by atomic mass is 35.5. The summed E-state index contributed by atoms with van der Waals surface area (Å²) in [6, 6.07) is 0. The van der Waals surface area contributed by atoms with Gasteiger partial charge in [-0.1, -0.05) is 75.6 Å². The van der Waals surface area contributed by atoms with Crippen molar-refractivity contribution >= 4 is 17.6 Å². The van der Waals surface area contributed by atoms with Crippen molar-refractivity contribution in [3.63, 3.8) is 0 Å². The number of cyclic esters (lactones) is 1. The van der Waals surface area contributed by atoms with Gasteiger partial charge in [-0.3, -0.25) is 0 Å². The standard InChI is InChI=1S/C19H32ClO2/c1-2-3-4-5-6-7-8-9-10-11-12-13-14-15-16-17-19(20)18(21)22-19/h7,9-10H,2-6,8,11-17H2,1H3. The summed E-state index contributed by atoms with van der Waals surface area (Å²) in [5.74, 6) is -0.249. The summed E-state index contributed by atoms with van der Waals surface area (Å²) in [4.78, 5) is 10.8. The summed E-state index contributed by atoms with van der Waals surface area (Å²) in [5, 5.41) is -0.935. The number of rotatable bonds is 15. The van der Waals surface area contributed by atoms with Gasteiger partial charge in [-0.05, 0) is 38.5 Å². The molecule has 0 bridgehead atoms. The topological polar surface area (TPSA) is 29.6 Å². The van der Waals surface area contributed by atoms with Crippen LogP contribution in [0.1, 0.15) is 90.4 Å². The Hall–Kier alpha value is -0.500. The van der Waals surface area contributed by atoms with Crippen molar-refractivity contribution in [1.29, 1.82) is 0 Å². The van der Waals surface area contributed by atoms with Gasteiger partial charge in [0.15, 0.2) is 0 Å². The molecule has 1 unspecified atom stereocenters. The molecule has 0 aromatic carbocycles. The zero-order valence-corrected chi connectivity index (χ0v) is 14.9. The third kappa shape index (κ3) is 9.50. The number of carbonyl (C=O) groups is 1. The summed E-state index contributed by atoms with van der Waals surface area (Å²) in [6.45, 7) is 2.25. The first kappa shape index (κ1) is 19.5. The molecule has 127 valence electrons. The Morgan fingerprint density at radius 2 is 1.59 bits per heavy atom. The van der Waals surface area contributed by atoms with Crippen LogP contribution in [0.5, 0.6) is 0 Å². The average molecular weight is 328 g/mol.